The lowest BCUT2D eigenvalue weighted by Gasteiger charge is -2.26. The Kier molecular flexibility index (Phi) is 8.15. The maximum Gasteiger partial charge on any atom is 0.220 e. The molecule has 0 heterocycles. The summed E-state index contributed by atoms with van der Waals surface area (Å²) in [7, 11) is 2.12. The molecule has 4 heteroatoms. The quantitative estimate of drug-likeness (QED) is 0.717. The van der Waals surface area contributed by atoms with E-state index in [2.05, 4.69) is 31.1 Å². The number of likely N-dealkylation sites (N-methyl/N-ethyl adjacent to an activating group) is 1. The lowest BCUT2D eigenvalue weighted by atomic mass is 9.84. The zero-order chi connectivity index (χ0) is 15.0. The number of amides is 1. The molecule has 1 fully saturated rings. The van der Waals surface area contributed by atoms with Gasteiger partial charge in [-0.2, -0.15) is 0 Å². The summed E-state index contributed by atoms with van der Waals surface area (Å²) in [6, 6.07) is 0.981. The molecule has 0 saturated heterocycles. The first-order chi connectivity index (χ1) is 9.52. The van der Waals surface area contributed by atoms with Crippen LogP contribution < -0.4 is 11.1 Å². The van der Waals surface area contributed by atoms with Crippen molar-refractivity contribution in [2.75, 3.05) is 20.1 Å². The molecule has 4 nitrogen and oxygen atoms in total. The fourth-order valence-electron chi connectivity index (χ4n) is 2.80. The second-order valence-corrected chi connectivity index (χ2v) is 6.41. The molecule has 3 N–H and O–H groups in total. The van der Waals surface area contributed by atoms with E-state index in [0.29, 0.717) is 24.4 Å². The van der Waals surface area contributed by atoms with E-state index in [4.69, 9.17) is 5.73 Å². The van der Waals surface area contributed by atoms with Crippen LogP contribution in [0.15, 0.2) is 0 Å². The molecule has 1 aliphatic carbocycles. The molecule has 1 atom stereocenters. The first-order valence-electron chi connectivity index (χ1n) is 8.25. The van der Waals surface area contributed by atoms with Crippen molar-refractivity contribution in [2.45, 2.75) is 70.9 Å². The van der Waals surface area contributed by atoms with Gasteiger partial charge in [0.25, 0.3) is 0 Å². The summed E-state index contributed by atoms with van der Waals surface area (Å²) in [5.74, 6) is 0.917. The number of hydrogen-bond acceptors (Lipinski definition) is 3. The van der Waals surface area contributed by atoms with Crippen LogP contribution in [0.1, 0.15) is 58.8 Å². The number of rotatable bonds is 8. The Morgan fingerprint density at radius 2 is 2.00 bits per heavy atom. The average molecular weight is 283 g/mol. The van der Waals surface area contributed by atoms with Gasteiger partial charge < -0.3 is 16.0 Å². The van der Waals surface area contributed by atoms with E-state index in [1.807, 2.05) is 0 Å². The Morgan fingerprint density at radius 3 is 2.60 bits per heavy atom. The Hall–Kier alpha value is -0.610. The first-order valence-corrected chi connectivity index (χ1v) is 8.25. The lowest BCUT2D eigenvalue weighted by Crippen LogP contribution is -2.37. The molecule has 0 aromatic carbocycles. The van der Waals surface area contributed by atoms with E-state index in [-0.39, 0.29) is 5.91 Å². The molecule has 118 valence electrons. The predicted molar refractivity (Wildman–Crippen MR) is 84.6 cm³/mol. The lowest BCUT2D eigenvalue weighted by molar-refractivity contribution is -0.121. The van der Waals surface area contributed by atoms with Gasteiger partial charge in [0.2, 0.25) is 5.91 Å². The van der Waals surface area contributed by atoms with Gasteiger partial charge >= 0.3 is 0 Å². The molecule has 0 aromatic heterocycles. The van der Waals surface area contributed by atoms with Crippen LogP contribution in [0, 0.1) is 5.92 Å². The Labute approximate surface area is 124 Å². The van der Waals surface area contributed by atoms with E-state index in [1.54, 1.807) is 0 Å². The number of nitrogens with one attached hydrogen (secondary N) is 1. The summed E-state index contributed by atoms with van der Waals surface area (Å²) < 4.78 is 0. The molecule has 0 radical (unpaired) electrons. The third kappa shape index (κ3) is 6.71. The van der Waals surface area contributed by atoms with E-state index >= 15 is 0 Å². The number of nitrogens with two attached hydrogens (primary N) is 1. The monoisotopic (exact) mass is 283 g/mol. The van der Waals surface area contributed by atoms with Gasteiger partial charge in [-0.25, -0.2) is 0 Å². The summed E-state index contributed by atoms with van der Waals surface area (Å²) in [6.45, 7) is 6.10. The molecular formula is C16H33N3O. The van der Waals surface area contributed by atoms with Crippen molar-refractivity contribution < 1.29 is 4.79 Å². The summed E-state index contributed by atoms with van der Waals surface area (Å²) in [5, 5.41) is 3.04. The largest absolute Gasteiger partial charge is 0.355 e. The maximum atomic E-state index is 11.8. The number of hydrogen-bond donors (Lipinski definition) is 2. The van der Waals surface area contributed by atoms with Gasteiger partial charge in [-0.3, -0.25) is 4.79 Å². The smallest absolute Gasteiger partial charge is 0.220 e. The molecule has 20 heavy (non-hydrogen) atoms. The molecule has 1 rings (SSSR count). The van der Waals surface area contributed by atoms with Crippen molar-refractivity contribution in [1.82, 2.24) is 10.2 Å². The van der Waals surface area contributed by atoms with Crippen LogP contribution in [-0.4, -0.2) is 43.0 Å². The third-order valence-corrected chi connectivity index (χ3v) is 4.80. The van der Waals surface area contributed by atoms with Crippen LogP contribution in [-0.2, 0) is 4.79 Å². The summed E-state index contributed by atoms with van der Waals surface area (Å²) in [6.07, 6.45) is 7.51. The van der Waals surface area contributed by atoms with E-state index in [0.717, 1.165) is 38.8 Å². The highest BCUT2D eigenvalue weighted by atomic mass is 16.1. The van der Waals surface area contributed by atoms with Gasteiger partial charge in [-0.05, 0) is 58.4 Å². The SMILES string of the molecule is CCC(C)N(C)CCNC(=O)CCC1CCC(N)CC1. The van der Waals surface area contributed by atoms with Gasteiger partial charge in [0, 0.05) is 31.6 Å². The predicted octanol–water partition coefficient (Wildman–Crippen LogP) is 2.13. The molecule has 0 spiro atoms. The van der Waals surface area contributed by atoms with Crippen molar-refractivity contribution in [3.05, 3.63) is 0 Å². The van der Waals surface area contributed by atoms with Gasteiger partial charge in [-0.1, -0.05) is 6.92 Å². The van der Waals surface area contributed by atoms with E-state index in [9.17, 15) is 4.79 Å². The summed E-state index contributed by atoms with van der Waals surface area (Å²) in [5.41, 5.74) is 5.90. The molecule has 1 saturated carbocycles. The third-order valence-electron chi connectivity index (χ3n) is 4.80. The maximum absolute atomic E-state index is 11.8. The van der Waals surface area contributed by atoms with Gasteiger partial charge in [0.1, 0.15) is 0 Å². The van der Waals surface area contributed by atoms with Crippen molar-refractivity contribution in [3.63, 3.8) is 0 Å². The Bertz CT molecular complexity index is 275. The molecule has 1 unspecified atom stereocenters. The number of nitrogens with zero attached hydrogens (tertiary/aromatic N) is 1. The zero-order valence-corrected chi connectivity index (χ0v) is 13.5. The van der Waals surface area contributed by atoms with Crippen molar-refractivity contribution >= 4 is 5.91 Å². The number of carbonyl (C=O) groups excluding carboxylic acids is 1. The van der Waals surface area contributed by atoms with Crippen molar-refractivity contribution in [2.24, 2.45) is 11.7 Å². The van der Waals surface area contributed by atoms with Crippen molar-refractivity contribution in [1.29, 1.82) is 0 Å². The van der Waals surface area contributed by atoms with E-state index in [1.165, 1.54) is 12.8 Å². The zero-order valence-electron chi connectivity index (χ0n) is 13.5. The van der Waals surface area contributed by atoms with Crippen LogP contribution in [0.5, 0.6) is 0 Å². The highest BCUT2D eigenvalue weighted by Crippen LogP contribution is 2.26. The van der Waals surface area contributed by atoms with Crippen molar-refractivity contribution in [3.8, 4) is 0 Å². The molecule has 1 amide bonds. The van der Waals surface area contributed by atoms with Crippen LogP contribution in [0.25, 0.3) is 0 Å². The Morgan fingerprint density at radius 1 is 1.35 bits per heavy atom. The minimum absolute atomic E-state index is 0.206. The highest BCUT2D eigenvalue weighted by Gasteiger charge is 2.19. The molecule has 0 aromatic rings. The van der Waals surface area contributed by atoms with Crippen LogP contribution in [0.3, 0.4) is 0 Å². The van der Waals surface area contributed by atoms with Gasteiger partial charge in [0.05, 0.1) is 0 Å². The van der Waals surface area contributed by atoms with E-state index < -0.39 is 0 Å². The molecule has 1 aliphatic rings. The fourth-order valence-corrected chi connectivity index (χ4v) is 2.80. The summed E-state index contributed by atoms with van der Waals surface area (Å²) in [4.78, 5) is 14.1. The second kappa shape index (κ2) is 9.35. The number of carbonyl (C=O) groups is 1. The average Bonchev–Trinajstić information content (AvgIpc) is 2.45. The minimum atomic E-state index is 0.206. The topological polar surface area (TPSA) is 58.4 Å². The Balaban J connectivity index is 2.06. The molecule has 0 bridgehead atoms. The molecular weight excluding hydrogens is 250 g/mol. The van der Waals surface area contributed by atoms with Crippen LogP contribution in [0.2, 0.25) is 0 Å². The van der Waals surface area contributed by atoms with Crippen LogP contribution >= 0.6 is 0 Å². The molecule has 0 aliphatic heterocycles. The minimum Gasteiger partial charge on any atom is -0.355 e. The van der Waals surface area contributed by atoms with Gasteiger partial charge in [0.15, 0.2) is 0 Å². The first kappa shape index (κ1) is 17.4. The van der Waals surface area contributed by atoms with Crippen LogP contribution in [0.4, 0.5) is 0 Å². The second-order valence-electron chi connectivity index (χ2n) is 6.41. The summed E-state index contributed by atoms with van der Waals surface area (Å²) >= 11 is 0. The standard InChI is InChI=1S/C16H33N3O/c1-4-13(2)19(3)12-11-18-16(20)10-7-14-5-8-15(17)9-6-14/h13-15H,4-12,17H2,1-3H3,(H,18,20). The fraction of sp³-hybridized carbons (Fsp3) is 0.938. The van der Waals surface area contributed by atoms with Gasteiger partial charge in [-0.15, -0.1) is 0 Å². The highest BCUT2D eigenvalue weighted by molar-refractivity contribution is 5.75. The normalized spacial score (nSPS) is 24.6.